The van der Waals surface area contributed by atoms with Crippen LogP contribution in [0.15, 0.2) is 49.1 Å². The van der Waals surface area contributed by atoms with E-state index in [4.69, 9.17) is 9.72 Å². The van der Waals surface area contributed by atoms with Crippen molar-refractivity contribution in [3.05, 3.63) is 49.1 Å². The number of hydrogen-bond donors (Lipinski definition) is 2. The number of ether oxygens (including phenoxy) is 1. The van der Waals surface area contributed by atoms with Crippen LogP contribution in [0.4, 0.5) is 10.2 Å². The maximum Gasteiger partial charge on any atom is 0.140 e. The summed E-state index contributed by atoms with van der Waals surface area (Å²) >= 11 is 0. The second-order valence-corrected chi connectivity index (χ2v) is 7.70. The van der Waals surface area contributed by atoms with E-state index in [9.17, 15) is 4.39 Å². The SMILES string of the molecule is COc1cc2ncc(-c3cccc(NC4CCNCC4F)n3)n2cc1-c1cnn(C)c1. The molecule has 2 N–H and O–H groups in total. The highest BCUT2D eigenvalue weighted by Gasteiger charge is 2.24. The number of aromatic nitrogens is 5. The van der Waals surface area contributed by atoms with Crippen molar-refractivity contribution in [1.82, 2.24) is 29.5 Å². The predicted octanol–water partition coefficient (Wildman–Crippen LogP) is 2.92. The van der Waals surface area contributed by atoms with E-state index >= 15 is 0 Å². The Labute approximate surface area is 179 Å². The molecule has 8 nitrogen and oxygen atoms in total. The molecule has 0 amide bonds. The van der Waals surface area contributed by atoms with Crippen LogP contribution in [-0.4, -0.2) is 56.6 Å². The van der Waals surface area contributed by atoms with Crippen LogP contribution in [0.5, 0.6) is 5.75 Å². The molecule has 0 saturated carbocycles. The fourth-order valence-electron chi connectivity index (χ4n) is 3.97. The second-order valence-electron chi connectivity index (χ2n) is 7.70. The Bertz CT molecular complexity index is 1220. The molecule has 1 aliphatic heterocycles. The molecule has 1 fully saturated rings. The van der Waals surface area contributed by atoms with Gasteiger partial charge in [0.2, 0.25) is 0 Å². The lowest BCUT2D eigenvalue weighted by Crippen LogP contribution is -2.45. The number of halogens is 1. The van der Waals surface area contributed by atoms with Gasteiger partial charge in [0.1, 0.15) is 23.4 Å². The molecular weight excluding hydrogens is 397 g/mol. The quantitative estimate of drug-likeness (QED) is 0.516. The minimum Gasteiger partial charge on any atom is -0.496 e. The summed E-state index contributed by atoms with van der Waals surface area (Å²) in [6.45, 7) is 1.16. The van der Waals surface area contributed by atoms with Gasteiger partial charge in [-0.15, -0.1) is 0 Å². The molecule has 9 heteroatoms. The molecule has 5 heterocycles. The van der Waals surface area contributed by atoms with Crippen molar-refractivity contribution in [2.75, 3.05) is 25.5 Å². The number of nitrogens with zero attached hydrogens (tertiary/aromatic N) is 5. The van der Waals surface area contributed by atoms with Gasteiger partial charge in [-0.05, 0) is 25.1 Å². The average molecular weight is 421 g/mol. The van der Waals surface area contributed by atoms with E-state index in [-0.39, 0.29) is 6.04 Å². The zero-order valence-electron chi connectivity index (χ0n) is 17.4. The van der Waals surface area contributed by atoms with Crippen molar-refractivity contribution in [1.29, 1.82) is 0 Å². The zero-order chi connectivity index (χ0) is 21.4. The molecular formula is C22H24FN7O. The van der Waals surface area contributed by atoms with Crippen LogP contribution in [-0.2, 0) is 7.05 Å². The van der Waals surface area contributed by atoms with E-state index in [1.165, 1.54) is 0 Å². The van der Waals surface area contributed by atoms with Crippen LogP contribution in [0.2, 0.25) is 0 Å². The summed E-state index contributed by atoms with van der Waals surface area (Å²) in [6.07, 6.45) is 7.29. The molecule has 0 spiro atoms. The first-order valence-corrected chi connectivity index (χ1v) is 10.3. The third kappa shape index (κ3) is 3.72. The van der Waals surface area contributed by atoms with Gasteiger partial charge in [-0.25, -0.2) is 14.4 Å². The maximum absolute atomic E-state index is 14.2. The first kappa shape index (κ1) is 19.5. The summed E-state index contributed by atoms with van der Waals surface area (Å²) in [5.41, 5.74) is 4.20. The molecule has 160 valence electrons. The maximum atomic E-state index is 14.2. The number of methoxy groups -OCH3 is 1. The minimum absolute atomic E-state index is 0.243. The van der Waals surface area contributed by atoms with Crippen molar-refractivity contribution in [2.45, 2.75) is 18.6 Å². The van der Waals surface area contributed by atoms with E-state index in [2.05, 4.69) is 20.7 Å². The Balaban J connectivity index is 1.53. The minimum atomic E-state index is -0.940. The first-order chi connectivity index (χ1) is 15.1. The Kier molecular flexibility index (Phi) is 5.03. The summed E-state index contributed by atoms with van der Waals surface area (Å²) < 4.78 is 23.5. The van der Waals surface area contributed by atoms with Crippen LogP contribution in [0, 0.1) is 0 Å². The van der Waals surface area contributed by atoms with Crippen molar-refractivity contribution < 1.29 is 9.13 Å². The topological polar surface area (TPSA) is 81.3 Å². The molecule has 2 atom stereocenters. The highest BCUT2D eigenvalue weighted by Crippen LogP contribution is 2.32. The lowest BCUT2D eigenvalue weighted by Gasteiger charge is -2.27. The number of nitrogens with one attached hydrogen (secondary N) is 2. The van der Waals surface area contributed by atoms with Crippen LogP contribution in [0.3, 0.4) is 0 Å². The van der Waals surface area contributed by atoms with Gasteiger partial charge in [0.15, 0.2) is 0 Å². The standard InChI is InChI=1S/C22H24FN7O/c1-29-12-14(9-26-29)15-13-30-19(11-25-22(30)8-20(15)31-2)18-4-3-5-21(28-18)27-17-6-7-24-10-16(17)23/h3-5,8-9,11-13,16-17,24H,6-7,10H2,1-2H3,(H,27,28). The van der Waals surface area contributed by atoms with Crippen molar-refractivity contribution in [3.63, 3.8) is 0 Å². The van der Waals surface area contributed by atoms with Crippen LogP contribution >= 0.6 is 0 Å². The highest BCUT2D eigenvalue weighted by molar-refractivity contribution is 5.73. The van der Waals surface area contributed by atoms with Gasteiger partial charge in [0.05, 0.1) is 36.9 Å². The fraction of sp³-hybridized carbons (Fsp3) is 0.318. The summed E-state index contributed by atoms with van der Waals surface area (Å²) in [7, 11) is 3.52. The molecule has 2 unspecified atom stereocenters. The van der Waals surface area contributed by atoms with Crippen LogP contribution in [0.25, 0.3) is 28.2 Å². The highest BCUT2D eigenvalue weighted by atomic mass is 19.1. The molecule has 0 aromatic carbocycles. The fourth-order valence-corrected chi connectivity index (χ4v) is 3.97. The lowest BCUT2D eigenvalue weighted by molar-refractivity contribution is 0.244. The van der Waals surface area contributed by atoms with E-state index in [1.807, 2.05) is 48.1 Å². The molecule has 5 rings (SSSR count). The summed E-state index contributed by atoms with van der Waals surface area (Å²) in [5.74, 6) is 1.38. The molecule has 4 aromatic rings. The van der Waals surface area contributed by atoms with E-state index in [0.717, 1.165) is 46.9 Å². The molecule has 0 radical (unpaired) electrons. The third-order valence-electron chi connectivity index (χ3n) is 5.60. The molecule has 0 aliphatic carbocycles. The number of piperidine rings is 1. The predicted molar refractivity (Wildman–Crippen MR) is 117 cm³/mol. The Morgan fingerprint density at radius 1 is 1.26 bits per heavy atom. The molecule has 1 aliphatic rings. The molecule has 1 saturated heterocycles. The molecule has 31 heavy (non-hydrogen) atoms. The number of pyridine rings is 2. The van der Waals surface area contributed by atoms with Crippen molar-refractivity contribution >= 4 is 11.5 Å². The largest absolute Gasteiger partial charge is 0.496 e. The van der Waals surface area contributed by atoms with Gasteiger partial charge in [-0.1, -0.05) is 6.07 Å². The number of rotatable bonds is 5. The molecule has 4 aromatic heterocycles. The van der Waals surface area contributed by atoms with Crippen molar-refractivity contribution in [3.8, 4) is 28.3 Å². The van der Waals surface area contributed by atoms with Gasteiger partial charge < -0.3 is 15.4 Å². The zero-order valence-corrected chi connectivity index (χ0v) is 17.4. The summed E-state index contributed by atoms with van der Waals surface area (Å²) in [6, 6.07) is 7.37. The monoisotopic (exact) mass is 421 g/mol. The number of fused-ring (bicyclic) bond motifs is 1. The van der Waals surface area contributed by atoms with E-state index < -0.39 is 6.17 Å². The number of aryl methyl sites for hydroxylation is 1. The Morgan fingerprint density at radius 3 is 2.94 bits per heavy atom. The van der Waals surface area contributed by atoms with Gasteiger partial charge in [-0.3, -0.25) is 9.08 Å². The molecule has 0 bridgehead atoms. The summed E-state index contributed by atoms with van der Waals surface area (Å²) in [5, 5.41) is 10.6. The number of alkyl halides is 1. The van der Waals surface area contributed by atoms with E-state index in [1.54, 1.807) is 24.2 Å². The Hall–Kier alpha value is -3.46. The summed E-state index contributed by atoms with van der Waals surface area (Å²) in [4.78, 5) is 9.27. The number of hydrogen-bond acceptors (Lipinski definition) is 6. The third-order valence-corrected chi connectivity index (χ3v) is 5.60. The number of imidazole rings is 1. The van der Waals surface area contributed by atoms with Crippen LogP contribution < -0.4 is 15.4 Å². The van der Waals surface area contributed by atoms with Gasteiger partial charge in [-0.2, -0.15) is 5.10 Å². The smallest absolute Gasteiger partial charge is 0.140 e. The second kappa shape index (κ2) is 7.99. The van der Waals surface area contributed by atoms with Gasteiger partial charge in [0.25, 0.3) is 0 Å². The number of anilines is 1. The van der Waals surface area contributed by atoms with Gasteiger partial charge >= 0.3 is 0 Å². The Morgan fingerprint density at radius 2 is 2.16 bits per heavy atom. The first-order valence-electron chi connectivity index (χ1n) is 10.3. The van der Waals surface area contributed by atoms with Crippen molar-refractivity contribution in [2.24, 2.45) is 7.05 Å². The normalized spacial score (nSPS) is 18.9. The van der Waals surface area contributed by atoms with Crippen LogP contribution in [0.1, 0.15) is 6.42 Å². The van der Waals surface area contributed by atoms with Gasteiger partial charge in [0, 0.05) is 43.2 Å². The average Bonchev–Trinajstić information content (AvgIpc) is 3.40. The van der Waals surface area contributed by atoms with E-state index in [0.29, 0.717) is 12.4 Å². The lowest BCUT2D eigenvalue weighted by atomic mass is 10.1.